The molecule has 0 aliphatic rings. The molecule has 1 N–H and O–H groups in total. The van der Waals surface area contributed by atoms with Gasteiger partial charge in [-0.2, -0.15) is 0 Å². The molecule has 0 radical (unpaired) electrons. The minimum Gasteiger partial charge on any atom is -0.504 e. The largest absolute Gasteiger partial charge is 0.504 e. The summed E-state index contributed by atoms with van der Waals surface area (Å²) in [7, 11) is 1.47. The molecule has 0 heterocycles. The van der Waals surface area contributed by atoms with Gasteiger partial charge in [0.05, 0.1) is 12.8 Å². The molecule has 0 aliphatic carbocycles. The molecule has 14 heavy (non-hydrogen) atoms. The Morgan fingerprint density at radius 1 is 1.50 bits per heavy atom. The van der Waals surface area contributed by atoms with Crippen molar-refractivity contribution in [2.45, 2.75) is 6.92 Å². The molecule has 0 bridgehead atoms. The van der Waals surface area contributed by atoms with Gasteiger partial charge in [-0.25, -0.2) is 0 Å². The zero-order chi connectivity index (χ0) is 10.4. The fraction of sp³-hybridized carbons (Fsp3) is 0.300. The average Bonchev–Trinajstić information content (AvgIpc) is 2.19. The third-order valence-electron chi connectivity index (χ3n) is 1.59. The maximum Gasteiger partial charge on any atom is 0.161 e. The standard InChI is InChI=1S/C10H13NO3/c1-3-14-10-6-8(7-11-13-2)4-5-9(10)12/h4-7,12H,3H2,1-2H3/b11-7+. The van der Waals surface area contributed by atoms with Crippen LogP contribution in [0.4, 0.5) is 0 Å². The molecule has 0 fully saturated rings. The van der Waals surface area contributed by atoms with Gasteiger partial charge in [0.25, 0.3) is 0 Å². The molecule has 1 aromatic rings. The molecular weight excluding hydrogens is 182 g/mol. The highest BCUT2D eigenvalue weighted by molar-refractivity contribution is 5.80. The molecule has 1 rings (SSSR count). The summed E-state index contributed by atoms with van der Waals surface area (Å²) >= 11 is 0. The van der Waals surface area contributed by atoms with Crippen molar-refractivity contribution in [1.82, 2.24) is 0 Å². The summed E-state index contributed by atoms with van der Waals surface area (Å²) in [5.74, 6) is 0.578. The van der Waals surface area contributed by atoms with Crippen molar-refractivity contribution in [1.29, 1.82) is 0 Å². The smallest absolute Gasteiger partial charge is 0.161 e. The summed E-state index contributed by atoms with van der Waals surface area (Å²) in [6, 6.07) is 4.98. The van der Waals surface area contributed by atoms with Crippen LogP contribution in [0.5, 0.6) is 11.5 Å². The summed E-state index contributed by atoms with van der Waals surface area (Å²) in [6.07, 6.45) is 1.54. The number of ether oxygens (including phenoxy) is 1. The van der Waals surface area contributed by atoms with E-state index in [1.807, 2.05) is 6.92 Å². The van der Waals surface area contributed by atoms with Crippen molar-refractivity contribution in [2.75, 3.05) is 13.7 Å². The number of phenols is 1. The third-order valence-corrected chi connectivity index (χ3v) is 1.59. The second-order valence-electron chi connectivity index (χ2n) is 2.58. The highest BCUT2D eigenvalue weighted by Gasteiger charge is 2.01. The van der Waals surface area contributed by atoms with Crippen LogP contribution in [-0.4, -0.2) is 25.0 Å². The molecule has 0 spiro atoms. The normalized spacial score (nSPS) is 10.4. The van der Waals surface area contributed by atoms with Gasteiger partial charge >= 0.3 is 0 Å². The van der Waals surface area contributed by atoms with Crippen LogP contribution in [0, 0.1) is 0 Å². The fourth-order valence-corrected chi connectivity index (χ4v) is 0.996. The van der Waals surface area contributed by atoms with E-state index < -0.39 is 0 Å². The molecular formula is C10H13NO3. The van der Waals surface area contributed by atoms with E-state index in [4.69, 9.17) is 4.74 Å². The zero-order valence-electron chi connectivity index (χ0n) is 8.23. The molecule has 0 amide bonds. The Morgan fingerprint density at radius 3 is 2.93 bits per heavy atom. The van der Waals surface area contributed by atoms with Crippen LogP contribution in [-0.2, 0) is 4.84 Å². The Labute approximate surface area is 82.8 Å². The lowest BCUT2D eigenvalue weighted by Gasteiger charge is -2.05. The summed E-state index contributed by atoms with van der Waals surface area (Å²) in [6.45, 7) is 2.37. The van der Waals surface area contributed by atoms with E-state index in [-0.39, 0.29) is 5.75 Å². The molecule has 0 aliphatic heterocycles. The topological polar surface area (TPSA) is 51.0 Å². The first kappa shape index (κ1) is 10.4. The first-order valence-corrected chi connectivity index (χ1v) is 4.30. The molecule has 0 saturated heterocycles. The third kappa shape index (κ3) is 2.65. The summed E-state index contributed by atoms with van der Waals surface area (Å²) in [5.41, 5.74) is 0.813. The van der Waals surface area contributed by atoms with Crippen molar-refractivity contribution in [3.05, 3.63) is 23.8 Å². The van der Waals surface area contributed by atoms with Crippen molar-refractivity contribution < 1.29 is 14.7 Å². The number of hydrogen-bond acceptors (Lipinski definition) is 4. The number of rotatable bonds is 4. The zero-order valence-corrected chi connectivity index (χ0v) is 8.23. The van der Waals surface area contributed by atoms with Gasteiger partial charge in [-0.05, 0) is 25.1 Å². The summed E-state index contributed by atoms with van der Waals surface area (Å²) in [5, 5.41) is 13.0. The van der Waals surface area contributed by atoms with Crippen LogP contribution >= 0.6 is 0 Å². The van der Waals surface area contributed by atoms with Gasteiger partial charge in [0.1, 0.15) is 7.11 Å². The Kier molecular flexibility index (Phi) is 3.79. The van der Waals surface area contributed by atoms with Gasteiger partial charge in [0, 0.05) is 5.56 Å². The fourth-order valence-electron chi connectivity index (χ4n) is 0.996. The van der Waals surface area contributed by atoms with Crippen molar-refractivity contribution in [3.8, 4) is 11.5 Å². The number of oxime groups is 1. The number of aromatic hydroxyl groups is 1. The first-order valence-electron chi connectivity index (χ1n) is 4.30. The molecule has 0 atom stereocenters. The van der Waals surface area contributed by atoms with Crippen molar-refractivity contribution >= 4 is 6.21 Å². The van der Waals surface area contributed by atoms with E-state index in [9.17, 15) is 5.11 Å². The Bertz CT molecular complexity index is 323. The van der Waals surface area contributed by atoms with Crippen molar-refractivity contribution in [2.24, 2.45) is 5.16 Å². The van der Waals surface area contributed by atoms with E-state index in [1.165, 1.54) is 7.11 Å². The minimum atomic E-state index is 0.126. The number of phenolic OH excluding ortho intramolecular Hbond substituents is 1. The molecule has 1 aromatic carbocycles. The van der Waals surface area contributed by atoms with E-state index in [1.54, 1.807) is 24.4 Å². The van der Waals surface area contributed by atoms with Gasteiger partial charge in [-0.15, -0.1) is 0 Å². The van der Waals surface area contributed by atoms with E-state index in [0.717, 1.165) is 5.56 Å². The maximum absolute atomic E-state index is 9.39. The molecule has 0 saturated carbocycles. The first-order chi connectivity index (χ1) is 6.77. The molecule has 4 nitrogen and oxygen atoms in total. The van der Waals surface area contributed by atoms with Gasteiger partial charge in [-0.1, -0.05) is 5.16 Å². The van der Waals surface area contributed by atoms with Crippen LogP contribution in [0.2, 0.25) is 0 Å². The predicted molar refractivity (Wildman–Crippen MR) is 53.9 cm³/mol. The van der Waals surface area contributed by atoms with Crippen LogP contribution < -0.4 is 4.74 Å². The van der Waals surface area contributed by atoms with Gasteiger partial charge < -0.3 is 14.7 Å². The summed E-state index contributed by atoms with van der Waals surface area (Å²) < 4.78 is 5.20. The second-order valence-corrected chi connectivity index (χ2v) is 2.58. The van der Waals surface area contributed by atoms with Gasteiger partial charge in [-0.3, -0.25) is 0 Å². The highest BCUT2D eigenvalue weighted by Crippen LogP contribution is 2.26. The van der Waals surface area contributed by atoms with Crippen LogP contribution in [0.3, 0.4) is 0 Å². The highest BCUT2D eigenvalue weighted by atomic mass is 16.6. The molecule has 76 valence electrons. The number of nitrogens with zero attached hydrogens (tertiary/aromatic N) is 1. The van der Waals surface area contributed by atoms with Crippen LogP contribution in [0.1, 0.15) is 12.5 Å². The molecule has 0 unspecified atom stereocenters. The number of benzene rings is 1. The quantitative estimate of drug-likeness (QED) is 0.588. The summed E-state index contributed by atoms with van der Waals surface area (Å²) in [4.78, 5) is 4.54. The molecule has 4 heteroatoms. The SMILES string of the molecule is CCOc1cc(/C=N/OC)ccc1O. The Balaban J connectivity index is 2.88. The Hall–Kier alpha value is -1.71. The lowest BCUT2D eigenvalue weighted by molar-refractivity contribution is 0.215. The monoisotopic (exact) mass is 195 g/mol. The average molecular weight is 195 g/mol. The van der Waals surface area contributed by atoms with Crippen LogP contribution in [0.25, 0.3) is 0 Å². The van der Waals surface area contributed by atoms with Gasteiger partial charge in [0.2, 0.25) is 0 Å². The number of hydrogen-bond donors (Lipinski definition) is 1. The lowest BCUT2D eigenvalue weighted by atomic mass is 10.2. The van der Waals surface area contributed by atoms with Crippen LogP contribution in [0.15, 0.2) is 23.4 Å². The lowest BCUT2D eigenvalue weighted by Crippen LogP contribution is -1.93. The maximum atomic E-state index is 9.39. The minimum absolute atomic E-state index is 0.126. The van der Waals surface area contributed by atoms with E-state index in [0.29, 0.717) is 12.4 Å². The second kappa shape index (κ2) is 5.11. The van der Waals surface area contributed by atoms with Gasteiger partial charge in [0.15, 0.2) is 11.5 Å². The van der Waals surface area contributed by atoms with E-state index in [2.05, 4.69) is 9.99 Å². The van der Waals surface area contributed by atoms with Crippen molar-refractivity contribution in [3.63, 3.8) is 0 Å². The van der Waals surface area contributed by atoms with E-state index >= 15 is 0 Å². The Morgan fingerprint density at radius 2 is 2.29 bits per heavy atom. The molecule has 0 aromatic heterocycles. The predicted octanol–water partition coefficient (Wildman–Crippen LogP) is 1.77.